The van der Waals surface area contributed by atoms with E-state index in [4.69, 9.17) is 10.8 Å². The van der Waals surface area contributed by atoms with Crippen molar-refractivity contribution >= 4 is 23.0 Å². The van der Waals surface area contributed by atoms with Gasteiger partial charge in [-0.2, -0.15) is 0 Å². The lowest BCUT2D eigenvalue weighted by Crippen LogP contribution is -2.30. The number of hydrogen-bond acceptors (Lipinski definition) is 3. The van der Waals surface area contributed by atoms with Gasteiger partial charge in [-0.25, -0.2) is 4.79 Å². The van der Waals surface area contributed by atoms with E-state index in [2.05, 4.69) is 24.0 Å². The largest absolute Gasteiger partial charge is 0.478 e. The predicted octanol–water partition coefficient (Wildman–Crippen LogP) is 3.30. The molecule has 0 saturated carbocycles. The summed E-state index contributed by atoms with van der Waals surface area (Å²) >= 11 is 0. The second-order valence-electron chi connectivity index (χ2n) is 5.63. The van der Waals surface area contributed by atoms with E-state index in [-0.39, 0.29) is 5.56 Å². The molecule has 2 aromatic rings. The summed E-state index contributed by atoms with van der Waals surface area (Å²) in [7, 11) is 0. The number of carbonyl (C=O) groups is 1. The number of para-hydroxylation sites is 1. The molecule has 21 heavy (non-hydrogen) atoms. The molecule has 1 heterocycles. The molecule has 4 nitrogen and oxygen atoms in total. The third kappa shape index (κ3) is 2.44. The lowest BCUT2D eigenvalue weighted by molar-refractivity contribution is 0.0697. The van der Waals surface area contributed by atoms with Crippen LogP contribution in [0.5, 0.6) is 0 Å². The Hall–Kier alpha value is -2.49. The van der Waals surface area contributed by atoms with E-state index in [1.165, 1.54) is 11.6 Å². The molecule has 108 valence electrons. The minimum Gasteiger partial charge on any atom is -0.478 e. The highest BCUT2D eigenvalue weighted by Crippen LogP contribution is 2.38. The van der Waals surface area contributed by atoms with Crippen molar-refractivity contribution in [1.29, 1.82) is 0 Å². The van der Waals surface area contributed by atoms with Gasteiger partial charge in [0.15, 0.2) is 0 Å². The minimum atomic E-state index is -0.958. The number of rotatable bonds is 2. The van der Waals surface area contributed by atoms with Gasteiger partial charge in [-0.3, -0.25) is 0 Å². The third-order valence-electron chi connectivity index (χ3n) is 3.91. The van der Waals surface area contributed by atoms with Gasteiger partial charge in [-0.05, 0) is 42.2 Å². The summed E-state index contributed by atoms with van der Waals surface area (Å²) in [5.41, 5.74) is 10.1. The van der Waals surface area contributed by atoms with Crippen LogP contribution in [0.25, 0.3) is 0 Å². The first kappa shape index (κ1) is 13.5. The van der Waals surface area contributed by atoms with E-state index in [9.17, 15) is 4.79 Å². The highest BCUT2D eigenvalue weighted by Gasteiger charge is 2.24. The quantitative estimate of drug-likeness (QED) is 0.829. The van der Waals surface area contributed by atoms with Crippen LogP contribution in [0, 0.1) is 5.92 Å². The van der Waals surface area contributed by atoms with E-state index >= 15 is 0 Å². The van der Waals surface area contributed by atoms with Gasteiger partial charge in [0.25, 0.3) is 0 Å². The van der Waals surface area contributed by atoms with Gasteiger partial charge in [-0.15, -0.1) is 0 Å². The predicted molar refractivity (Wildman–Crippen MR) is 84.1 cm³/mol. The monoisotopic (exact) mass is 282 g/mol. The molecular weight excluding hydrogens is 264 g/mol. The fourth-order valence-electron chi connectivity index (χ4n) is 2.96. The number of anilines is 3. The summed E-state index contributed by atoms with van der Waals surface area (Å²) in [5.74, 6) is -0.431. The molecule has 1 aliphatic heterocycles. The number of carboxylic acid groups (broad SMARTS) is 1. The van der Waals surface area contributed by atoms with Gasteiger partial charge in [0.05, 0.1) is 16.9 Å². The fraction of sp³-hybridized carbons (Fsp3) is 0.235. The smallest absolute Gasteiger partial charge is 0.335 e. The first-order valence-corrected chi connectivity index (χ1v) is 7.04. The molecule has 3 rings (SSSR count). The second kappa shape index (κ2) is 5.13. The SMILES string of the molecule is CC1Cc2ccccc2N(c2ccc(C(=O)O)cc2N)C1. The molecule has 1 aliphatic rings. The van der Waals surface area contributed by atoms with Crippen LogP contribution in [0.4, 0.5) is 17.1 Å². The van der Waals surface area contributed by atoms with E-state index in [1.54, 1.807) is 12.1 Å². The Morgan fingerprint density at radius 3 is 2.71 bits per heavy atom. The zero-order chi connectivity index (χ0) is 15.0. The number of fused-ring (bicyclic) bond motifs is 1. The van der Waals surface area contributed by atoms with Gasteiger partial charge in [0.2, 0.25) is 0 Å². The Morgan fingerprint density at radius 2 is 2.00 bits per heavy atom. The van der Waals surface area contributed by atoms with Gasteiger partial charge in [0.1, 0.15) is 0 Å². The molecular formula is C17H18N2O2. The molecule has 0 spiro atoms. The molecule has 0 amide bonds. The summed E-state index contributed by atoms with van der Waals surface area (Å²) in [6.07, 6.45) is 1.06. The van der Waals surface area contributed by atoms with E-state index < -0.39 is 5.97 Å². The van der Waals surface area contributed by atoms with Crippen molar-refractivity contribution in [2.75, 3.05) is 17.2 Å². The number of aromatic carboxylic acids is 1. The molecule has 3 N–H and O–H groups in total. The number of nitrogen functional groups attached to an aromatic ring is 1. The van der Waals surface area contributed by atoms with Crippen molar-refractivity contribution in [2.24, 2.45) is 5.92 Å². The zero-order valence-electron chi connectivity index (χ0n) is 11.9. The van der Waals surface area contributed by atoms with Crippen molar-refractivity contribution in [3.05, 3.63) is 53.6 Å². The molecule has 4 heteroatoms. The normalized spacial score (nSPS) is 17.4. The van der Waals surface area contributed by atoms with E-state index in [0.29, 0.717) is 11.6 Å². The summed E-state index contributed by atoms with van der Waals surface area (Å²) in [4.78, 5) is 13.2. The van der Waals surface area contributed by atoms with Crippen molar-refractivity contribution in [1.82, 2.24) is 0 Å². The van der Waals surface area contributed by atoms with Gasteiger partial charge in [0, 0.05) is 12.2 Å². The van der Waals surface area contributed by atoms with Crippen LogP contribution in [0.3, 0.4) is 0 Å². The Morgan fingerprint density at radius 1 is 1.24 bits per heavy atom. The number of nitrogens with zero attached hydrogens (tertiary/aromatic N) is 1. The molecule has 0 aromatic heterocycles. The minimum absolute atomic E-state index is 0.217. The molecule has 0 radical (unpaired) electrons. The zero-order valence-corrected chi connectivity index (χ0v) is 11.9. The number of carboxylic acids is 1. The number of hydrogen-bond donors (Lipinski definition) is 2. The van der Waals surface area contributed by atoms with Crippen LogP contribution in [0.1, 0.15) is 22.8 Å². The van der Waals surface area contributed by atoms with Crippen LogP contribution in [-0.4, -0.2) is 17.6 Å². The highest BCUT2D eigenvalue weighted by atomic mass is 16.4. The molecule has 1 unspecified atom stereocenters. The molecule has 0 aliphatic carbocycles. The van der Waals surface area contributed by atoms with Crippen LogP contribution >= 0.6 is 0 Å². The van der Waals surface area contributed by atoms with Crippen molar-refractivity contribution in [3.8, 4) is 0 Å². The maximum absolute atomic E-state index is 11.0. The summed E-state index contributed by atoms with van der Waals surface area (Å²) < 4.78 is 0. The molecule has 0 bridgehead atoms. The highest BCUT2D eigenvalue weighted by molar-refractivity contribution is 5.91. The second-order valence-corrected chi connectivity index (χ2v) is 5.63. The summed E-state index contributed by atoms with van der Waals surface area (Å²) in [6.45, 7) is 3.10. The maximum Gasteiger partial charge on any atom is 0.335 e. The van der Waals surface area contributed by atoms with Crippen LogP contribution < -0.4 is 10.6 Å². The number of nitrogens with two attached hydrogens (primary N) is 1. The summed E-state index contributed by atoms with van der Waals surface area (Å²) in [6, 6.07) is 13.2. The first-order valence-electron chi connectivity index (χ1n) is 7.04. The van der Waals surface area contributed by atoms with Crippen molar-refractivity contribution in [3.63, 3.8) is 0 Å². The molecule has 2 aromatic carbocycles. The maximum atomic E-state index is 11.0. The first-order chi connectivity index (χ1) is 10.1. The average molecular weight is 282 g/mol. The van der Waals surface area contributed by atoms with E-state index in [0.717, 1.165) is 24.3 Å². The van der Waals surface area contributed by atoms with Crippen molar-refractivity contribution < 1.29 is 9.90 Å². The van der Waals surface area contributed by atoms with Gasteiger partial charge in [-0.1, -0.05) is 25.1 Å². The van der Waals surface area contributed by atoms with E-state index in [1.807, 2.05) is 12.1 Å². The lowest BCUT2D eigenvalue weighted by Gasteiger charge is -2.35. The number of benzene rings is 2. The Kier molecular flexibility index (Phi) is 3.29. The standard InChI is InChI=1S/C17H18N2O2/c1-11-8-12-4-2-3-5-15(12)19(10-11)16-7-6-13(17(20)21)9-14(16)18/h2-7,9,11H,8,10,18H2,1H3,(H,20,21). The Bertz CT molecular complexity index is 697. The lowest BCUT2D eigenvalue weighted by atomic mass is 9.93. The Labute approximate surface area is 123 Å². The molecule has 0 fully saturated rings. The van der Waals surface area contributed by atoms with Crippen LogP contribution in [0.15, 0.2) is 42.5 Å². The van der Waals surface area contributed by atoms with Gasteiger partial charge >= 0.3 is 5.97 Å². The van der Waals surface area contributed by atoms with Gasteiger partial charge < -0.3 is 15.7 Å². The summed E-state index contributed by atoms with van der Waals surface area (Å²) in [5, 5.41) is 9.04. The topological polar surface area (TPSA) is 66.6 Å². The van der Waals surface area contributed by atoms with Crippen LogP contribution in [-0.2, 0) is 6.42 Å². The van der Waals surface area contributed by atoms with Crippen LogP contribution in [0.2, 0.25) is 0 Å². The Balaban J connectivity index is 2.06. The molecule has 0 saturated heterocycles. The molecule has 1 atom stereocenters. The average Bonchev–Trinajstić information content (AvgIpc) is 2.46. The van der Waals surface area contributed by atoms with Crippen molar-refractivity contribution in [2.45, 2.75) is 13.3 Å². The third-order valence-corrected chi connectivity index (χ3v) is 3.91. The fourth-order valence-corrected chi connectivity index (χ4v) is 2.96.